The molecular weight excluding hydrogens is 344 g/mol. The lowest BCUT2D eigenvalue weighted by Crippen LogP contribution is -2.34. The molecular formula is C21H22N2O4. The fourth-order valence-corrected chi connectivity index (χ4v) is 2.72. The van der Waals surface area contributed by atoms with Crippen molar-refractivity contribution in [2.75, 3.05) is 6.54 Å². The number of rotatable bonds is 9. The van der Waals surface area contributed by atoms with Crippen LogP contribution >= 0.6 is 0 Å². The summed E-state index contributed by atoms with van der Waals surface area (Å²) in [5, 5.41) is 2.80. The lowest BCUT2D eigenvalue weighted by molar-refractivity contribution is -0.133. The Morgan fingerprint density at radius 3 is 2.04 bits per heavy atom. The van der Waals surface area contributed by atoms with Gasteiger partial charge in [-0.05, 0) is 29.8 Å². The van der Waals surface area contributed by atoms with Gasteiger partial charge in [0.25, 0.3) is 0 Å². The molecule has 0 aliphatic carbocycles. The van der Waals surface area contributed by atoms with Gasteiger partial charge < -0.3 is 19.1 Å². The van der Waals surface area contributed by atoms with E-state index in [4.69, 9.17) is 8.83 Å². The molecule has 0 saturated carbocycles. The summed E-state index contributed by atoms with van der Waals surface area (Å²) in [5.74, 6) is 1.21. The smallest absolute Gasteiger partial charge is 0.225 e. The number of benzene rings is 1. The third kappa shape index (κ3) is 5.88. The van der Waals surface area contributed by atoms with Gasteiger partial charge in [0.05, 0.1) is 32.0 Å². The number of amides is 2. The predicted octanol–water partition coefficient (Wildman–Crippen LogP) is 3.15. The van der Waals surface area contributed by atoms with E-state index in [-0.39, 0.29) is 24.8 Å². The molecule has 0 atom stereocenters. The fraction of sp³-hybridized carbons (Fsp3) is 0.238. The molecule has 6 heteroatoms. The Morgan fingerprint density at radius 2 is 1.48 bits per heavy atom. The van der Waals surface area contributed by atoms with Crippen LogP contribution in [-0.2, 0) is 29.1 Å². The summed E-state index contributed by atoms with van der Waals surface area (Å²) in [6, 6.07) is 16.7. The van der Waals surface area contributed by atoms with Crippen LogP contribution in [0.3, 0.4) is 0 Å². The molecule has 3 aromatic rings. The van der Waals surface area contributed by atoms with Crippen LogP contribution in [0, 0.1) is 0 Å². The minimum absolute atomic E-state index is 0.0807. The highest BCUT2D eigenvalue weighted by molar-refractivity contribution is 5.80. The van der Waals surface area contributed by atoms with Crippen molar-refractivity contribution in [1.82, 2.24) is 10.2 Å². The number of carbonyl (C=O) groups excluding carboxylic acids is 2. The van der Waals surface area contributed by atoms with Crippen LogP contribution in [0.2, 0.25) is 0 Å². The van der Waals surface area contributed by atoms with Crippen LogP contribution < -0.4 is 5.32 Å². The van der Waals surface area contributed by atoms with E-state index >= 15 is 0 Å². The van der Waals surface area contributed by atoms with E-state index in [1.807, 2.05) is 42.5 Å². The van der Waals surface area contributed by atoms with Crippen molar-refractivity contribution in [2.45, 2.75) is 25.9 Å². The average molecular weight is 366 g/mol. The van der Waals surface area contributed by atoms with Gasteiger partial charge in [-0.2, -0.15) is 0 Å². The maximum atomic E-state index is 12.6. The van der Waals surface area contributed by atoms with Crippen molar-refractivity contribution < 1.29 is 18.4 Å². The largest absolute Gasteiger partial charge is 0.467 e. The molecule has 6 nitrogen and oxygen atoms in total. The maximum absolute atomic E-state index is 12.6. The molecule has 2 amide bonds. The Balaban J connectivity index is 1.50. The molecule has 0 unspecified atom stereocenters. The van der Waals surface area contributed by atoms with Gasteiger partial charge in [-0.25, -0.2) is 0 Å². The van der Waals surface area contributed by atoms with Crippen LogP contribution in [0.4, 0.5) is 0 Å². The monoisotopic (exact) mass is 366 g/mol. The Bertz CT molecular complexity index is 790. The number of nitrogens with one attached hydrogen (secondary N) is 1. The molecule has 0 spiro atoms. The van der Waals surface area contributed by atoms with Crippen molar-refractivity contribution in [2.24, 2.45) is 0 Å². The zero-order valence-electron chi connectivity index (χ0n) is 15.0. The van der Waals surface area contributed by atoms with Crippen LogP contribution in [-0.4, -0.2) is 23.3 Å². The summed E-state index contributed by atoms with van der Waals surface area (Å²) in [6.07, 6.45) is 3.67. The summed E-state index contributed by atoms with van der Waals surface area (Å²) < 4.78 is 10.7. The molecule has 1 aromatic carbocycles. The zero-order chi connectivity index (χ0) is 18.9. The molecule has 0 fully saturated rings. The topological polar surface area (TPSA) is 75.7 Å². The molecule has 0 bridgehead atoms. The first kappa shape index (κ1) is 18.5. The van der Waals surface area contributed by atoms with E-state index in [1.54, 1.807) is 29.6 Å². The standard InChI is InChI=1S/C21H22N2O4/c24-20(14-17-6-2-1-3-7-17)22-11-10-21(25)23(15-18-8-4-12-26-18)16-19-9-5-13-27-19/h1-9,12-13H,10-11,14-16H2,(H,22,24). The van der Waals surface area contributed by atoms with E-state index in [0.717, 1.165) is 5.56 Å². The molecule has 2 heterocycles. The summed E-state index contributed by atoms with van der Waals surface area (Å²) in [4.78, 5) is 26.3. The van der Waals surface area contributed by atoms with Gasteiger partial charge in [-0.3, -0.25) is 9.59 Å². The summed E-state index contributed by atoms with van der Waals surface area (Å²) in [6.45, 7) is 0.992. The molecule has 2 aromatic heterocycles. The van der Waals surface area contributed by atoms with Gasteiger partial charge in [0.1, 0.15) is 11.5 Å². The van der Waals surface area contributed by atoms with Crippen LogP contribution in [0.1, 0.15) is 23.5 Å². The van der Waals surface area contributed by atoms with E-state index in [0.29, 0.717) is 31.0 Å². The van der Waals surface area contributed by atoms with Crippen molar-refractivity contribution in [1.29, 1.82) is 0 Å². The SMILES string of the molecule is O=C(Cc1ccccc1)NCCC(=O)N(Cc1ccco1)Cc1ccco1. The van der Waals surface area contributed by atoms with Crippen LogP contribution in [0.25, 0.3) is 0 Å². The molecule has 1 N–H and O–H groups in total. The van der Waals surface area contributed by atoms with Crippen molar-refractivity contribution in [3.63, 3.8) is 0 Å². The second-order valence-corrected chi connectivity index (χ2v) is 6.17. The van der Waals surface area contributed by atoms with E-state index in [1.165, 1.54) is 0 Å². The van der Waals surface area contributed by atoms with Gasteiger partial charge in [0.2, 0.25) is 11.8 Å². The highest BCUT2D eigenvalue weighted by Gasteiger charge is 2.17. The average Bonchev–Trinajstić information content (AvgIpc) is 3.36. The van der Waals surface area contributed by atoms with Gasteiger partial charge in [-0.15, -0.1) is 0 Å². The number of hydrogen-bond donors (Lipinski definition) is 1. The third-order valence-electron chi connectivity index (χ3n) is 4.07. The number of carbonyl (C=O) groups is 2. The van der Waals surface area contributed by atoms with E-state index in [9.17, 15) is 9.59 Å². The normalized spacial score (nSPS) is 10.5. The summed E-state index contributed by atoms with van der Waals surface area (Å²) in [5.41, 5.74) is 0.943. The predicted molar refractivity (Wildman–Crippen MR) is 99.4 cm³/mol. The molecule has 27 heavy (non-hydrogen) atoms. The Kier molecular flexibility index (Phi) is 6.46. The summed E-state index contributed by atoms with van der Waals surface area (Å²) in [7, 11) is 0. The van der Waals surface area contributed by atoms with Gasteiger partial charge in [0.15, 0.2) is 0 Å². The maximum Gasteiger partial charge on any atom is 0.225 e. The van der Waals surface area contributed by atoms with Crippen LogP contribution in [0.15, 0.2) is 76.0 Å². The van der Waals surface area contributed by atoms with Crippen molar-refractivity contribution in [3.8, 4) is 0 Å². The zero-order valence-corrected chi connectivity index (χ0v) is 15.0. The Labute approximate surface area is 157 Å². The molecule has 0 aliphatic rings. The van der Waals surface area contributed by atoms with Gasteiger partial charge in [0, 0.05) is 13.0 Å². The number of furan rings is 2. The lowest BCUT2D eigenvalue weighted by atomic mass is 10.1. The number of hydrogen-bond acceptors (Lipinski definition) is 4. The highest BCUT2D eigenvalue weighted by Crippen LogP contribution is 2.12. The first-order valence-corrected chi connectivity index (χ1v) is 8.84. The molecule has 0 radical (unpaired) electrons. The fourth-order valence-electron chi connectivity index (χ4n) is 2.72. The van der Waals surface area contributed by atoms with Gasteiger partial charge >= 0.3 is 0 Å². The van der Waals surface area contributed by atoms with Gasteiger partial charge in [-0.1, -0.05) is 30.3 Å². The minimum atomic E-state index is -0.0994. The first-order valence-electron chi connectivity index (χ1n) is 8.84. The highest BCUT2D eigenvalue weighted by atomic mass is 16.3. The second kappa shape index (κ2) is 9.43. The summed E-state index contributed by atoms with van der Waals surface area (Å²) >= 11 is 0. The third-order valence-corrected chi connectivity index (χ3v) is 4.07. The van der Waals surface area contributed by atoms with E-state index in [2.05, 4.69) is 5.32 Å². The quantitative estimate of drug-likeness (QED) is 0.631. The van der Waals surface area contributed by atoms with E-state index < -0.39 is 0 Å². The molecule has 0 aliphatic heterocycles. The Hall–Kier alpha value is -3.28. The lowest BCUT2D eigenvalue weighted by Gasteiger charge is -2.20. The minimum Gasteiger partial charge on any atom is -0.467 e. The molecule has 3 rings (SSSR count). The Morgan fingerprint density at radius 1 is 0.852 bits per heavy atom. The van der Waals surface area contributed by atoms with Crippen molar-refractivity contribution >= 4 is 11.8 Å². The first-order chi connectivity index (χ1) is 13.2. The number of nitrogens with zero attached hydrogens (tertiary/aromatic N) is 1. The second-order valence-electron chi connectivity index (χ2n) is 6.17. The van der Waals surface area contributed by atoms with Crippen molar-refractivity contribution in [3.05, 3.63) is 84.2 Å². The van der Waals surface area contributed by atoms with Crippen LogP contribution in [0.5, 0.6) is 0 Å². The molecule has 140 valence electrons. The molecule has 0 saturated heterocycles.